The first-order valence-corrected chi connectivity index (χ1v) is 12.2. The Kier molecular flexibility index (Phi) is 8.09. The van der Waals surface area contributed by atoms with Crippen molar-refractivity contribution in [1.82, 2.24) is 14.7 Å². The van der Waals surface area contributed by atoms with E-state index in [1.54, 1.807) is 24.3 Å². The maximum absolute atomic E-state index is 13.9. The Labute approximate surface area is 206 Å². The van der Waals surface area contributed by atoms with E-state index in [0.29, 0.717) is 37.0 Å². The summed E-state index contributed by atoms with van der Waals surface area (Å²) in [6, 6.07) is 12.1. The van der Waals surface area contributed by atoms with Crippen LogP contribution in [0.15, 0.2) is 42.5 Å². The van der Waals surface area contributed by atoms with Crippen LogP contribution in [-0.4, -0.2) is 85.7 Å². The summed E-state index contributed by atoms with van der Waals surface area (Å²) in [7, 11) is 2.07. The molecule has 8 heteroatoms. The molecule has 0 bridgehead atoms. The van der Waals surface area contributed by atoms with Crippen LogP contribution in [0.4, 0.5) is 4.39 Å². The standard InChI is InChI=1S/C26H33ClFN3O3/c1-20-3-6-23(28)15-21(20)17-30-13-14-34-26(18-30,19-33-24-7-4-22(27)5-8-24)16-25(32)31-11-9-29(2)10-12-31/h3-8,15H,9-14,16-19H2,1-2H3/t26-/m0/s1. The number of hydrogen-bond acceptors (Lipinski definition) is 5. The molecule has 2 aromatic rings. The number of nitrogens with zero attached hydrogens (tertiary/aromatic N) is 3. The van der Waals surface area contributed by atoms with Gasteiger partial charge in [0.05, 0.1) is 13.0 Å². The molecular weight excluding hydrogens is 457 g/mol. The number of piperazine rings is 1. The summed E-state index contributed by atoms with van der Waals surface area (Å²) in [5, 5.41) is 0.637. The van der Waals surface area contributed by atoms with Crippen molar-refractivity contribution in [3.63, 3.8) is 0 Å². The normalized spacial score (nSPS) is 22.1. The molecule has 6 nitrogen and oxygen atoms in total. The average Bonchev–Trinajstić information content (AvgIpc) is 2.82. The van der Waals surface area contributed by atoms with E-state index in [1.807, 2.05) is 24.0 Å². The van der Waals surface area contributed by atoms with Gasteiger partial charge in [-0.15, -0.1) is 0 Å². The van der Waals surface area contributed by atoms with Gasteiger partial charge < -0.3 is 19.3 Å². The van der Waals surface area contributed by atoms with E-state index in [4.69, 9.17) is 21.1 Å². The molecule has 2 fully saturated rings. The predicted octanol–water partition coefficient (Wildman–Crippen LogP) is 3.60. The number of likely N-dealkylation sites (N-methyl/N-ethyl adjacent to an activating group) is 1. The fourth-order valence-electron chi connectivity index (χ4n) is 4.54. The Morgan fingerprint density at radius 2 is 1.85 bits per heavy atom. The highest BCUT2D eigenvalue weighted by Crippen LogP contribution is 2.27. The lowest BCUT2D eigenvalue weighted by molar-refractivity contribution is -0.157. The molecule has 0 unspecified atom stereocenters. The van der Waals surface area contributed by atoms with Crippen molar-refractivity contribution in [2.24, 2.45) is 0 Å². The quantitative estimate of drug-likeness (QED) is 0.594. The molecule has 0 radical (unpaired) electrons. The van der Waals surface area contributed by atoms with E-state index < -0.39 is 5.60 Å². The van der Waals surface area contributed by atoms with E-state index in [9.17, 15) is 9.18 Å². The summed E-state index contributed by atoms with van der Waals surface area (Å²) >= 11 is 6.01. The molecule has 0 aromatic heterocycles. The first kappa shape index (κ1) is 24.9. The lowest BCUT2D eigenvalue weighted by atomic mass is 9.96. The van der Waals surface area contributed by atoms with Crippen LogP contribution in [0.2, 0.25) is 5.02 Å². The highest BCUT2D eigenvalue weighted by atomic mass is 35.5. The molecule has 34 heavy (non-hydrogen) atoms. The Bertz CT molecular complexity index is 982. The summed E-state index contributed by atoms with van der Waals surface area (Å²) in [6.45, 7) is 7.71. The molecule has 1 amide bonds. The van der Waals surface area contributed by atoms with Gasteiger partial charge in [0, 0.05) is 50.8 Å². The Balaban J connectivity index is 1.50. The minimum absolute atomic E-state index is 0.0802. The van der Waals surface area contributed by atoms with Crippen LogP contribution in [0.1, 0.15) is 17.5 Å². The molecule has 4 rings (SSSR count). The zero-order chi connectivity index (χ0) is 24.1. The van der Waals surface area contributed by atoms with Gasteiger partial charge in [0.1, 0.15) is 23.8 Å². The number of hydrogen-bond donors (Lipinski definition) is 0. The van der Waals surface area contributed by atoms with E-state index in [-0.39, 0.29) is 24.8 Å². The van der Waals surface area contributed by atoms with Crippen molar-refractivity contribution in [2.75, 3.05) is 59.5 Å². The van der Waals surface area contributed by atoms with E-state index in [1.165, 1.54) is 6.07 Å². The number of rotatable bonds is 7. The van der Waals surface area contributed by atoms with Crippen molar-refractivity contribution < 1.29 is 18.7 Å². The Hall–Kier alpha value is -2.19. The molecule has 0 N–H and O–H groups in total. The molecule has 184 valence electrons. The average molecular weight is 490 g/mol. The third-order valence-corrected chi connectivity index (χ3v) is 6.93. The lowest BCUT2D eigenvalue weighted by Gasteiger charge is -2.43. The molecule has 0 aliphatic carbocycles. The number of benzene rings is 2. The second kappa shape index (κ2) is 11.0. The van der Waals surface area contributed by atoms with Crippen LogP contribution in [0.5, 0.6) is 5.75 Å². The molecule has 2 heterocycles. The van der Waals surface area contributed by atoms with Gasteiger partial charge in [-0.3, -0.25) is 9.69 Å². The van der Waals surface area contributed by atoms with Crippen molar-refractivity contribution in [2.45, 2.75) is 25.5 Å². The van der Waals surface area contributed by atoms with Gasteiger partial charge in [0.2, 0.25) is 5.91 Å². The molecular formula is C26H33ClFN3O3. The molecule has 2 aromatic carbocycles. The number of amides is 1. The molecule has 2 saturated heterocycles. The van der Waals surface area contributed by atoms with Gasteiger partial charge in [-0.05, 0) is 61.5 Å². The largest absolute Gasteiger partial charge is 0.491 e. The number of morpholine rings is 1. The van der Waals surface area contributed by atoms with Crippen molar-refractivity contribution in [3.05, 3.63) is 64.4 Å². The van der Waals surface area contributed by atoms with Gasteiger partial charge in [-0.25, -0.2) is 4.39 Å². The van der Waals surface area contributed by atoms with Crippen molar-refractivity contribution in [1.29, 1.82) is 0 Å². The van der Waals surface area contributed by atoms with E-state index in [2.05, 4.69) is 16.8 Å². The molecule has 2 aliphatic rings. The van der Waals surface area contributed by atoms with Crippen LogP contribution in [0, 0.1) is 12.7 Å². The van der Waals surface area contributed by atoms with Crippen molar-refractivity contribution in [3.8, 4) is 5.75 Å². The zero-order valence-electron chi connectivity index (χ0n) is 19.9. The van der Waals surface area contributed by atoms with Crippen molar-refractivity contribution >= 4 is 17.5 Å². The number of ether oxygens (including phenoxy) is 2. The summed E-state index contributed by atoms with van der Waals surface area (Å²) in [4.78, 5) is 19.7. The molecule has 0 saturated carbocycles. The van der Waals surface area contributed by atoms with Gasteiger partial charge in [0.15, 0.2) is 0 Å². The number of carbonyl (C=O) groups excluding carboxylic acids is 1. The maximum Gasteiger partial charge on any atom is 0.225 e. The van der Waals surface area contributed by atoms with Gasteiger partial charge in [-0.2, -0.15) is 0 Å². The summed E-state index contributed by atoms with van der Waals surface area (Å²) in [6.07, 6.45) is 0.239. The minimum atomic E-state index is -0.792. The second-order valence-electron chi connectivity index (χ2n) is 9.42. The van der Waals surface area contributed by atoms with Crippen LogP contribution in [0.25, 0.3) is 0 Å². The van der Waals surface area contributed by atoms with Gasteiger partial charge in [0.25, 0.3) is 0 Å². The van der Waals surface area contributed by atoms with Gasteiger partial charge >= 0.3 is 0 Å². The SMILES string of the molecule is Cc1ccc(F)cc1CN1CCO[C@@](COc2ccc(Cl)cc2)(CC(=O)N2CCN(C)CC2)C1. The van der Waals surface area contributed by atoms with Crippen LogP contribution < -0.4 is 4.74 Å². The maximum atomic E-state index is 13.9. The fourth-order valence-corrected chi connectivity index (χ4v) is 4.67. The lowest BCUT2D eigenvalue weighted by Crippen LogP contribution is -2.58. The predicted molar refractivity (Wildman–Crippen MR) is 131 cm³/mol. The second-order valence-corrected chi connectivity index (χ2v) is 9.85. The van der Waals surface area contributed by atoms with Crippen LogP contribution in [0.3, 0.4) is 0 Å². The molecule has 1 atom stereocenters. The first-order chi connectivity index (χ1) is 16.3. The molecule has 2 aliphatic heterocycles. The fraction of sp³-hybridized carbons (Fsp3) is 0.500. The third-order valence-electron chi connectivity index (χ3n) is 6.68. The summed E-state index contributed by atoms with van der Waals surface area (Å²) < 4.78 is 26.3. The summed E-state index contributed by atoms with van der Waals surface area (Å²) in [5.74, 6) is 0.519. The van der Waals surface area contributed by atoms with E-state index in [0.717, 1.165) is 37.3 Å². The number of aryl methyl sites for hydroxylation is 1. The third kappa shape index (κ3) is 6.48. The number of carbonyl (C=O) groups is 1. The monoisotopic (exact) mass is 489 g/mol. The van der Waals surface area contributed by atoms with Crippen LogP contribution in [-0.2, 0) is 16.1 Å². The summed E-state index contributed by atoms with van der Waals surface area (Å²) in [5.41, 5.74) is 1.20. The van der Waals surface area contributed by atoms with Gasteiger partial charge in [-0.1, -0.05) is 17.7 Å². The van der Waals surface area contributed by atoms with Crippen LogP contribution >= 0.6 is 11.6 Å². The smallest absolute Gasteiger partial charge is 0.225 e. The Morgan fingerprint density at radius 3 is 2.59 bits per heavy atom. The zero-order valence-corrected chi connectivity index (χ0v) is 20.7. The highest BCUT2D eigenvalue weighted by molar-refractivity contribution is 6.30. The Morgan fingerprint density at radius 1 is 1.12 bits per heavy atom. The topological polar surface area (TPSA) is 45.3 Å². The number of halogens is 2. The first-order valence-electron chi connectivity index (χ1n) is 11.8. The minimum Gasteiger partial charge on any atom is -0.491 e. The highest BCUT2D eigenvalue weighted by Gasteiger charge is 2.41. The van der Waals surface area contributed by atoms with E-state index >= 15 is 0 Å². The molecule has 0 spiro atoms.